The van der Waals surface area contributed by atoms with Crippen LogP contribution in [-0.2, 0) is 18.9 Å². The molecule has 5 rings (SSSR count). The second kappa shape index (κ2) is 10.8. The van der Waals surface area contributed by atoms with Crippen molar-refractivity contribution >= 4 is 16.5 Å². The molecule has 3 heterocycles. The van der Waals surface area contributed by atoms with Gasteiger partial charge in [-0.3, -0.25) is 9.59 Å². The second-order valence-corrected chi connectivity index (χ2v) is 9.96. The predicted octanol–water partition coefficient (Wildman–Crippen LogP) is 5.53. The summed E-state index contributed by atoms with van der Waals surface area (Å²) in [6.07, 6.45) is -5.03. The van der Waals surface area contributed by atoms with Crippen molar-refractivity contribution in [3.8, 4) is 11.4 Å². The lowest BCUT2D eigenvalue weighted by Gasteiger charge is -2.31. The number of nitrogens with one attached hydrogen (secondary N) is 2. The molecule has 2 atom stereocenters. The van der Waals surface area contributed by atoms with Crippen molar-refractivity contribution in [3.05, 3.63) is 80.4 Å². The van der Waals surface area contributed by atoms with Gasteiger partial charge in [0.05, 0.1) is 28.4 Å². The van der Waals surface area contributed by atoms with Crippen LogP contribution in [0.3, 0.4) is 0 Å². The summed E-state index contributed by atoms with van der Waals surface area (Å²) in [6.45, 7) is -0.0188. The summed E-state index contributed by atoms with van der Waals surface area (Å²) in [5, 5.41) is 7.31. The van der Waals surface area contributed by atoms with E-state index in [4.69, 9.17) is 0 Å². The van der Waals surface area contributed by atoms with E-state index in [0.717, 1.165) is 29.1 Å². The van der Waals surface area contributed by atoms with Crippen LogP contribution in [0.4, 0.5) is 40.8 Å². The first-order valence-electron chi connectivity index (χ1n) is 12.6. The molecular weight excluding hydrogens is 580 g/mol. The molecule has 4 aromatic rings. The number of hydrogen-bond acceptors (Lipinski definition) is 6. The second-order valence-electron chi connectivity index (χ2n) is 9.96. The van der Waals surface area contributed by atoms with Gasteiger partial charge in [-0.15, -0.1) is 0 Å². The van der Waals surface area contributed by atoms with Crippen molar-refractivity contribution in [2.24, 2.45) is 5.92 Å². The molecule has 0 unspecified atom stereocenters. The van der Waals surface area contributed by atoms with E-state index in [1.54, 1.807) is 5.10 Å². The Balaban J connectivity index is 1.39. The van der Waals surface area contributed by atoms with Crippen molar-refractivity contribution in [1.29, 1.82) is 0 Å². The zero-order valence-electron chi connectivity index (χ0n) is 21.3. The van der Waals surface area contributed by atoms with Crippen LogP contribution < -0.4 is 16.4 Å². The summed E-state index contributed by atoms with van der Waals surface area (Å²) >= 11 is 0. The summed E-state index contributed by atoms with van der Waals surface area (Å²) < 4.78 is 110. The number of H-pyrrole nitrogens is 1. The van der Waals surface area contributed by atoms with Gasteiger partial charge in [-0.1, -0.05) is 6.42 Å². The average Bonchev–Trinajstić information content (AvgIpc) is 2.90. The number of aromatic amines is 1. The Labute approximate surface area is 230 Å². The summed E-state index contributed by atoms with van der Waals surface area (Å²) in [5.41, 5.74) is -5.57. The van der Waals surface area contributed by atoms with E-state index in [9.17, 15) is 40.3 Å². The Kier molecular flexibility index (Phi) is 7.49. The van der Waals surface area contributed by atoms with E-state index in [-0.39, 0.29) is 29.7 Å². The van der Waals surface area contributed by atoms with E-state index in [1.807, 2.05) is 0 Å². The molecule has 1 aromatic carbocycles. The fourth-order valence-corrected chi connectivity index (χ4v) is 5.16. The van der Waals surface area contributed by atoms with Gasteiger partial charge in [0.1, 0.15) is 17.2 Å². The van der Waals surface area contributed by atoms with E-state index in [0.29, 0.717) is 31.7 Å². The van der Waals surface area contributed by atoms with Crippen LogP contribution in [0.15, 0.2) is 46.5 Å². The van der Waals surface area contributed by atoms with Crippen molar-refractivity contribution in [1.82, 2.24) is 24.7 Å². The Bertz CT molecular complexity index is 1750. The molecule has 0 saturated heterocycles. The minimum absolute atomic E-state index is 0.0188. The average molecular weight is 600 g/mol. The van der Waals surface area contributed by atoms with Gasteiger partial charge in [0.25, 0.3) is 11.1 Å². The van der Waals surface area contributed by atoms with E-state index in [1.165, 1.54) is 0 Å². The predicted molar refractivity (Wildman–Crippen MR) is 133 cm³/mol. The van der Waals surface area contributed by atoms with Crippen molar-refractivity contribution in [3.63, 3.8) is 0 Å². The number of anilines is 1. The van der Waals surface area contributed by atoms with Gasteiger partial charge in [-0.25, -0.2) is 23.8 Å². The molecule has 0 bridgehead atoms. The van der Waals surface area contributed by atoms with Crippen LogP contribution in [0.5, 0.6) is 0 Å². The highest BCUT2D eigenvalue weighted by molar-refractivity contribution is 5.86. The van der Waals surface area contributed by atoms with Gasteiger partial charge in [0.2, 0.25) is 0 Å². The molecule has 3 aromatic heterocycles. The summed E-state index contributed by atoms with van der Waals surface area (Å²) in [4.78, 5) is 32.0. The van der Waals surface area contributed by atoms with Crippen molar-refractivity contribution in [2.75, 3.05) is 5.32 Å². The number of nitrogens with zero attached hydrogens (tertiary/aromatic N) is 4. The lowest BCUT2D eigenvalue weighted by atomic mass is 9.85. The summed E-state index contributed by atoms with van der Waals surface area (Å²) in [6, 6.07) is 1.21. The standard InChI is InChI=1S/C26H20F8N6O2/c27-18-6-16-15(5-17(18)22-35-7-13(8-36-22)25(29,30)31)19(28)11-40(24(16)42)10-12-2-1-3-14(4-12)38-20-9-37-39-23(41)21(20)26(32,33)34/h5-9,11-12,14H,1-4,10H2,(H2,38,39,41)/t12-,14+/m1/s1. The molecule has 0 spiro atoms. The Hall–Kier alpha value is -4.37. The SMILES string of the molecule is O=c1[nH]ncc(N[C@H]2CCC[C@@H](Cn3cc(F)c4cc(-c5ncc(C(F)(F)F)cn5)c(F)cc4c3=O)C2)c1C(F)(F)F. The number of alkyl halides is 6. The molecule has 222 valence electrons. The smallest absolute Gasteiger partial charge is 0.380 e. The molecule has 1 aliphatic carbocycles. The quantitative estimate of drug-likeness (QED) is 0.292. The first-order valence-corrected chi connectivity index (χ1v) is 12.6. The molecule has 0 aliphatic heterocycles. The van der Waals surface area contributed by atoms with Gasteiger partial charge in [0, 0.05) is 36.6 Å². The fraction of sp³-hybridized carbons (Fsp3) is 0.346. The lowest BCUT2D eigenvalue weighted by Crippen LogP contribution is -2.34. The van der Waals surface area contributed by atoms with E-state index >= 15 is 4.39 Å². The maximum atomic E-state index is 15.2. The normalized spacial score (nSPS) is 17.9. The number of aromatic nitrogens is 5. The van der Waals surface area contributed by atoms with E-state index in [2.05, 4.69) is 20.4 Å². The monoisotopic (exact) mass is 600 g/mol. The third-order valence-electron chi connectivity index (χ3n) is 7.08. The molecule has 0 amide bonds. The fourth-order valence-electron chi connectivity index (χ4n) is 5.16. The minimum atomic E-state index is -4.92. The Morgan fingerprint density at radius 1 is 0.929 bits per heavy atom. The Morgan fingerprint density at radius 2 is 1.64 bits per heavy atom. The molecule has 2 N–H and O–H groups in total. The molecule has 1 aliphatic rings. The molecular formula is C26H20F8N6O2. The topological polar surface area (TPSA) is 106 Å². The minimum Gasteiger partial charge on any atom is -0.380 e. The van der Waals surface area contributed by atoms with Gasteiger partial charge in [0.15, 0.2) is 5.82 Å². The highest BCUT2D eigenvalue weighted by Gasteiger charge is 2.38. The highest BCUT2D eigenvalue weighted by atomic mass is 19.4. The summed E-state index contributed by atoms with van der Waals surface area (Å²) in [7, 11) is 0. The molecule has 0 radical (unpaired) electrons. The molecule has 1 fully saturated rings. The molecule has 1 saturated carbocycles. The third-order valence-corrected chi connectivity index (χ3v) is 7.08. The van der Waals surface area contributed by atoms with Crippen LogP contribution in [0.1, 0.15) is 36.8 Å². The first-order chi connectivity index (χ1) is 19.7. The molecule has 42 heavy (non-hydrogen) atoms. The van der Waals surface area contributed by atoms with E-state index < -0.39 is 69.3 Å². The number of pyridine rings is 1. The maximum absolute atomic E-state index is 15.2. The molecule has 16 heteroatoms. The largest absolute Gasteiger partial charge is 0.423 e. The number of rotatable bonds is 5. The van der Waals surface area contributed by atoms with Crippen molar-refractivity contribution < 1.29 is 35.1 Å². The Morgan fingerprint density at radius 3 is 2.31 bits per heavy atom. The van der Waals surface area contributed by atoms with Gasteiger partial charge in [-0.2, -0.15) is 31.4 Å². The third kappa shape index (κ3) is 5.83. The highest BCUT2D eigenvalue weighted by Crippen LogP contribution is 2.35. The maximum Gasteiger partial charge on any atom is 0.423 e. The van der Waals surface area contributed by atoms with Gasteiger partial charge >= 0.3 is 12.4 Å². The molecule has 8 nitrogen and oxygen atoms in total. The van der Waals surface area contributed by atoms with Gasteiger partial charge in [-0.05, 0) is 37.3 Å². The van der Waals surface area contributed by atoms with Crippen molar-refractivity contribution in [2.45, 2.75) is 50.6 Å². The number of fused-ring (bicyclic) bond motifs is 1. The van der Waals surface area contributed by atoms with Crippen LogP contribution >= 0.6 is 0 Å². The van der Waals surface area contributed by atoms with Gasteiger partial charge < -0.3 is 9.88 Å². The van der Waals surface area contributed by atoms with Crippen LogP contribution in [-0.4, -0.2) is 30.8 Å². The summed E-state index contributed by atoms with van der Waals surface area (Å²) in [5.74, 6) is -2.67. The number of benzene rings is 1. The first kappa shape index (κ1) is 29.1. The number of halogens is 8. The number of hydrogen-bond donors (Lipinski definition) is 2. The lowest BCUT2D eigenvalue weighted by molar-refractivity contribution is -0.139. The zero-order chi connectivity index (χ0) is 30.4. The zero-order valence-corrected chi connectivity index (χ0v) is 21.3. The van der Waals surface area contributed by atoms with Crippen LogP contribution in [0, 0.1) is 17.6 Å². The van der Waals surface area contributed by atoms with Crippen LogP contribution in [0.25, 0.3) is 22.2 Å². The van der Waals surface area contributed by atoms with Crippen LogP contribution in [0.2, 0.25) is 0 Å².